The van der Waals surface area contributed by atoms with Crippen LogP contribution < -0.4 is 0 Å². The first-order chi connectivity index (χ1) is 5.61. The summed E-state index contributed by atoms with van der Waals surface area (Å²) in [5.41, 5.74) is 0.974. The lowest BCUT2D eigenvalue weighted by atomic mass is 10.1. The van der Waals surface area contributed by atoms with Gasteiger partial charge in [-0.2, -0.15) is 0 Å². The fourth-order valence-corrected chi connectivity index (χ4v) is 0.555. The van der Waals surface area contributed by atoms with Crippen LogP contribution in [0.4, 0.5) is 0 Å². The van der Waals surface area contributed by atoms with Crippen molar-refractivity contribution in [3.63, 3.8) is 0 Å². The van der Waals surface area contributed by atoms with Crippen LogP contribution in [0.5, 0.6) is 0 Å². The molecule has 0 aliphatic heterocycles. The molecule has 0 amide bonds. The van der Waals surface area contributed by atoms with Crippen LogP contribution in [-0.4, -0.2) is 36.1 Å². The molecule has 0 fully saturated rings. The average molecular weight is 174 g/mol. The summed E-state index contributed by atoms with van der Waals surface area (Å²) in [4.78, 5) is 0. The summed E-state index contributed by atoms with van der Waals surface area (Å²) in [7, 11) is 0. The molecule has 0 aliphatic carbocycles. The molecule has 0 radical (unpaired) electrons. The van der Waals surface area contributed by atoms with E-state index in [0.29, 0.717) is 12.5 Å². The van der Waals surface area contributed by atoms with E-state index in [4.69, 9.17) is 14.9 Å². The summed E-state index contributed by atoms with van der Waals surface area (Å²) in [6.45, 7) is 7.96. The molecular formula is C9H18O3. The zero-order valence-electron chi connectivity index (χ0n) is 7.79. The monoisotopic (exact) mass is 174 g/mol. The van der Waals surface area contributed by atoms with Crippen molar-refractivity contribution in [2.24, 2.45) is 5.92 Å². The van der Waals surface area contributed by atoms with Gasteiger partial charge in [-0.25, -0.2) is 0 Å². The lowest BCUT2D eigenvalue weighted by Gasteiger charge is -2.15. The molecule has 0 aromatic carbocycles. The Hall–Kier alpha value is -0.380. The maximum atomic E-state index is 8.66. The summed E-state index contributed by atoms with van der Waals surface area (Å²) < 4.78 is 5.16. The lowest BCUT2D eigenvalue weighted by Crippen LogP contribution is -2.23. The fourth-order valence-electron chi connectivity index (χ4n) is 0.555. The van der Waals surface area contributed by atoms with Crippen LogP contribution in [0.2, 0.25) is 0 Å². The van der Waals surface area contributed by atoms with Crippen molar-refractivity contribution in [3.8, 4) is 0 Å². The minimum Gasteiger partial charge on any atom is -0.394 e. The SMILES string of the molecule is C=C(COC(CO)CO)C(C)C. The van der Waals surface area contributed by atoms with E-state index in [9.17, 15) is 0 Å². The van der Waals surface area contributed by atoms with Crippen LogP contribution in [0.1, 0.15) is 13.8 Å². The predicted octanol–water partition coefficient (Wildman–Crippen LogP) is 0.568. The Bertz CT molecular complexity index is 128. The smallest absolute Gasteiger partial charge is 0.104 e. The second-order valence-electron chi connectivity index (χ2n) is 3.11. The molecule has 3 nitrogen and oxygen atoms in total. The van der Waals surface area contributed by atoms with Gasteiger partial charge in [-0.05, 0) is 11.5 Å². The largest absolute Gasteiger partial charge is 0.394 e. The summed E-state index contributed by atoms with van der Waals surface area (Å²) in [5, 5.41) is 17.3. The molecule has 0 bridgehead atoms. The second-order valence-corrected chi connectivity index (χ2v) is 3.11. The van der Waals surface area contributed by atoms with Crippen LogP contribution >= 0.6 is 0 Å². The predicted molar refractivity (Wildman–Crippen MR) is 47.9 cm³/mol. The van der Waals surface area contributed by atoms with Gasteiger partial charge in [0.15, 0.2) is 0 Å². The normalized spacial score (nSPS) is 11.2. The van der Waals surface area contributed by atoms with Gasteiger partial charge in [0.1, 0.15) is 6.10 Å². The van der Waals surface area contributed by atoms with Crippen LogP contribution in [0, 0.1) is 5.92 Å². The van der Waals surface area contributed by atoms with Gasteiger partial charge in [-0.1, -0.05) is 20.4 Å². The Morgan fingerprint density at radius 1 is 1.33 bits per heavy atom. The summed E-state index contributed by atoms with van der Waals surface area (Å²) in [6, 6.07) is 0. The Morgan fingerprint density at radius 3 is 2.17 bits per heavy atom. The highest BCUT2D eigenvalue weighted by Crippen LogP contribution is 2.07. The first kappa shape index (κ1) is 11.6. The third kappa shape index (κ3) is 4.49. The quantitative estimate of drug-likeness (QED) is 0.579. The Balaban J connectivity index is 3.59. The van der Waals surface area contributed by atoms with Crippen molar-refractivity contribution >= 4 is 0 Å². The summed E-state index contributed by atoms with van der Waals surface area (Å²) >= 11 is 0. The van der Waals surface area contributed by atoms with Crippen molar-refractivity contribution < 1.29 is 14.9 Å². The number of aliphatic hydroxyl groups is 2. The Labute approximate surface area is 73.7 Å². The van der Waals surface area contributed by atoms with Crippen molar-refractivity contribution in [2.75, 3.05) is 19.8 Å². The molecule has 2 N–H and O–H groups in total. The van der Waals surface area contributed by atoms with E-state index in [1.165, 1.54) is 0 Å². The van der Waals surface area contributed by atoms with Gasteiger partial charge in [-0.3, -0.25) is 0 Å². The van der Waals surface area contributed by atoms with Crippen molar-refractivity contribution in [3.05, 3.63) is 12.2 Å². The third-order valence-corrected chi connectivity index (χ3v) is 1.73. The lowest BCUT2D eigenvalue weighted by molar-refractivity contribution is -0.0113. The van der Waals surface area contributed by atoms with Crippen molar-refractivity contribution in [2.45, 2.75) is 20.0 Å². The summed E-state index contributed by atoms with van der Waals surface area (Å²) in [6.07, 6.45) is -0.472. The third-order valence-electron chi connectivity index (χ3n) is 1.73. The van der Waals surface area contributed by atoms with E-state index in [2.05, 4.69) is 6.58 Å². The first-order valence-electron chi connectivity index (χ1n) is 4.12. The van der Waals surface area contributed by atoms with E-state index in [0.717, 1.165) is 5.57 Å². The number of aliphatic hydroxyl groups excluding tert-OH is 2. The molecule has 0 heterocycles. The average Bonchev–Trinajstić information content (AvgIpc) is 2.05. The number of hydrogen-bond acceptors (Lipinski definition) is 3. The number of hydrogen-bond donors (Lipinski definition) is 2. The minimum absolute atomic E-state index is 0.151. The standard InChI is InChI=1S/C9H18O3/c1-7(2)8(3)6-12-9(4-10)5-11/h7,9-11H,3-6H2,1-2H3. The molecule has 0 rings (SSSR count). The zero-order valence-corrected chi connectivity index (χ0v) is 7.79. The molecule has 0 unspecified atom stereocenters. The van der Waals surface area contributed by atoms with Gasteiger partial charge in [0, 0.05) is 0 Å². The highest BCUT2D eigenvalue weighted by Gasteiger charge is 2.07. The topological polar surface area (TPSA) is 49.7 Å². The van der Waals surface area contributed by atoms with Gasteiger partial charge in [-0.15, -0.1) is 0 Å². The molecule has 0 aliphatic rings. The number of rotatable bonds is 6. The molecule has 0 saturated carbocycles. The molecule has 3 heteroatoms. The van der Waals surface area contributed by atoms with Crippen LogP contribution in [-0.2, 0) is 4.74 Å². The molecule has 0 aromatic rings. The highest BCUT2D eigenvalue weighted by molar-refractivity contribution is 4.97. The zero-order chi connectivity index (χ0) is 9.56. The van der Waals surface area contributed by atoms with Gasteiger partial charge >= 0.3 is 0 Å². The molecule has 0 atom stereocenters. The van der Waals surface area contributed by atoms with Gasteiger partial charge in [0.2, 0.25) is 0 Å². The fraction of sp³-hybridized carbons (Fsp3) is 0.778. The van der Waals surface area contributed by atoms with Gasteiger partial charge in [0.25, 0.3) is 0 Å². The van der Waals surface area contributed by atoms with E-state index in [-0.39, 0.29) is 13.2 Å². The molecule has 72 valence electrons. The van der Waals surface area contributed by atoms with Crippen molar-refractivity contribution in [1.29, 1.82) is 0 Å². The van der Waals surface area contributed by atoms with E-state index in [1.807, 2.05) is 13.8 Å². The Morgan fingerprint density at radius 2 is 1.83 bits per heavy atom. The van der Waals surface area contributed by atoms with Crippen LogP contribution in [0.15, 0.2) is 12.2 Å². The van der Waals surface area contributed by atoms with Crippen LogP contribution in [0.25, 0.3) is 0 Å². The van der Waals surface area contributed by atoms with Crippen LogP contribution in [0.3, 0.4) is 0 Å². The minimum atomic E-state index is -0.472. The highest BCUT2D eigenvalue weighted by atomic mass is 16.5. The van der Waals surface area contributed by atoms with E-state index in [1.54, 1.807) is 0 Å². The van der Waals surface area contributed by atoms with E-state index >= 15 is 0 Å². The van der Waals surface area contributed by atoms with E-state index < -0.39 is 6.10 Å². The molecular weight excluding hydrogens is 156 g/mol. The molecule has 0 spiro atoms. The van der Waals surface area contributed by atoms with Gasteiger partial charge < -0.3 is 14.9 Å². The second kappa shape index (κ2) is 6.17. The molecule has 0 aromatic heterocycles. The maximum absolute atomic E-state index is 8.66. The van der Waals surface area contributed by atoms with Gasteiger partial charge in [0.05, 0.1) is 19.8 Å². The Kier molecular flexibility index (Phi) is 5.98. The maximum Gasteiger partial charge on any atom is 0.104 e. The van der Waals surface area contributed by atoms with Crippen molar-refractivity contribution in [1.82, 2.24) is 0 Å². The molecule has 0 saturated heterocycles. The first-order valence-corrected chi connectivity index (χ1v) is 4.12. The summed E-state index contributed by atoms with van der Waals surface area (Å²) in [5.74, 6) is 0.378. The molecule has 12 heavy (non-hydrogen) atoms. The number of ether oxygens (including phenoxy) is 1.